The van der Waals surface area contributed by atoms with Crippen LogP contribution in [0.2, 0.25) is 0 Å². The number of amides is 2. The molecule has 0 bridgehead atoms. The summed E-state index contributed by atoms with van der Waals surface area (Å²) in [7, 11) is 0. The molecule has 1 aliphatic rings. The maximum atomic E-state index is 11.6. The molecule has 0 aromatic heterocycles. The summed E-state index contributed by atoms with van der Waals surface area (Å²) in [4.78, 5) is 22.2. The van der Waals surface area contributed by atoms with E-state index in [-0.39, 0.29) is 24.6 Å². The highest BCUT2D eigenvalue weighted by Gasteiger charge is 2.30. The van der Waals surface area contributed by atoms with Crippen molar-refractivity contribution in [2.75, 3.05) is 6.54 Å². The molecule has 2 rings (SSSR count). The molecular weight excluding hydrogens is 270 g/mol. The van der Waals surface area contributed by atoms with Crippen LogP contribution in [0, 0.1) is 0 Å². The van der Waals surface area contributed by atoms with Gasteiger partial charge in [-0.3, -0.25) is 4.79 Å². The Morgan fingerprint density at radius 2 is 1.90 bits per heavy atom. The van der Waals surface area contributed by atoms with E-state index in [2.05, 4.69) is 10.6 Å². The summed E-state index contributed by atoms with van der Waals surface area (Å²) >= 11 is 0. The Balaban J connectivity index is 1.55. The van der Waals surface area contributed by atoms with E-state index in [0.29, 0.717) is 19.0 Å². The zero-order valence-corrected chi connectivity index (χ0v) is 11.9. The Morgan fingerprint density at radius 3 is 2.57 bits per heavy atom. The number of primary amides is 1. The Labute approximate surface area is 124 Å². The number of ether oxygens (including phenoxy) is 1. The lowest BCUT2D eigenvalue weighted by Crippen LogP contribution is -2.52. The van der Waals surface area contributed by atoms with Gasteiger partial charge in [0.2, 0.25) is 5.91 Å². The maximum Gasteiger partial charge on any atom is 0.407 e. The predicted octanol–water partition coefficient (Wildman–Crippen LogP) is 0.909. The molecule has 6 heteroatoms. The summed E-state index contributed by atoms with van der Waals surface area (Å²) < 4.78 is 5.15. The molecule has 0 unspecified atom stereocenters. The van der Waals surface area contributed by atoms with E-state index in [0.717, 1.165) is 18.4 Å². The molecule has 0 saturated heterocycles. The molecule has 4 N–H and O–H groups in total. The number of hydrogen-bond donors (Lipinski definition) is 3. The van der Waals surface area contributed by atoms with Crippen molar-refractivity contribution in [2.45, 2.75) is 38.0 Å². The highest BCUT2D eigenvalue weighted by Crippen LogP contribution is 2.20. The van der Waals surface area contributed by atoms with Gasteiger partial charge >= 0.3 is 6.09 Å². The van der Waals surface area contributed by atoms with Crippen molar-refractivity contribution in [3.05, 3.63) is 35.9 Å². The van der Waals surface area contributed by atoms with Crippen LogP contribution in [0.4, 0.5) is 4.79 Å². The molecule has 21 heavy (non-hydrogen) atoms. The van der Waals surface area contributed by atoms with Crippen molar-refractivity contribution < 1.29 is 14.3 Å². The molecule has 6 nitrogen and oxygen atoms in total. The predicted molar refractivity (Wildman–Crippen MR) is 78.4 cm³/mol. The zero-order chi connectivity index (χ0) is 15.1. The van der Waals surface area contributed by atoms with Crippen molar-refractivity contribution in [1.29, 1.82) is 0 Å². The molecule has 0 atom stereocenters. The maximum absolute atomic E-state index is 11.6. The zero-order valence-electron chi connectivity index (χ0n) is 11.9. The van der Waals surface area contributed by atoms with Crippen LogP contribution in [0.15, 0.2) is 30.3 Å². The van der Waals surface area contributed by atoms with Crippen molar-refractivity contribution in [3.8, 4) is 0 Å². The van der Waals surface area contributed by atoms with E-state index in [1.54, 1.807) is 0 Å². The number of nitrogens with one attached hydrogen (secondary N) is 2. The van der Waals surface area contributed by atoms with Crippen molar-refractivity contribution in [1.82, 2.24) is 10.6 Å². The number of nitrogens with two attached hydrogens (primary N) is 1. The van der Waals surface area contributed by atoms with Gasteiger partial charge in [0, 0.05) is 25.0 Å². The third-order valence-electron chi connectivity index (χ3n) is 3.48. The number of alkyl carbamates (subject to hydrolysis) is 1. The van der Waals surface area contributed by atoms with Crippen LogP contribution >= 0.6 is 0 Å². The molecule has 1 fully saturated rings. The number of carbonyl (C=O) groups is 2. The summed E-state index contributed by atoms with van der Waals surface area (Å²) in [5.41, 5.74) is 6.03. The average molecular weight is 291 g/mol. The fraction of sp³-hybridized carbons (Fsp3) is 0.467. The minimum absolute atomic E-state index is 0.138. The first kappa shape index (κ1) is 15.3. The lowest BCUT2D eigenvalue weighted by molar-refractivity contribution is -0.117. The normalized spacial score (nSPS) is 20.4. The Morgan fingerprint density at radius 1 is 1.19 bits per heavy atom. The Bertz CT molecular complexity index is 472. The number of rotatable bonds is 7. The molecule has 1 saturated carbocycles. The molecule has 0 aliphatic heterocycles. The largest absolute Gasteiger partial charge is 0.445 e. The second-order valence-corrected chi connectivity index (χ2v) is 5.24. The molecule has 1 aliphatic carbocycles. The van der Waals surface area contributed by atoms with Crippen molar-refractivity contribution >= 4 is 12.0 Å². The first-order chi connectivity index (χ1) is 10.1. The number of hydrogen-bond acceptors (Lipinski definition) is 4. The fourth-order valence-corrected chi connectivity index (χ4v) is 2.23. The standard InChI is InChI=1S/C15H21N3O3/c16-14(19)6-7-17-12-8-13(9-12)18-15(20)21-10-11-4-2-1-3-5-11/h1-5,12-13,17H,6-10H2,(H2,16,19)(H,18,20). The highest BCUT2D eigenvalue weighted by atomic mass is 16.5. The van der Waals surface area contributed by atoms with Crippen LogP contribution in [0.5, 0.6) is 0 Å². The summed E-state index contributed by atoms with van der Waals surface area (Å²) in [5, 5.41) is 6.04. The van der Waals surface area contributed by atoms with Crippen LogP contribution < -0.4 is 16.4 Å². The van der Waals surface area contributed by atoms with Gasteiger partial charge in [-0.25, -0.2) is 4.79 Å². The van der Waals surface area contributed by atoms with Crippen LogP contribution in [0.3, 0.4) is 0 Å². The average Bonchev–Trinajstić information content (AvgIpc) is 2.43. The third kappa shape index (κ3) is 5.43. The summed E-state index contributed by atoms with van der Waals surface area (Å²) in [6, 6.07) is 10.0. The molecule has 0 radical (unpaired) electrons. The van der Waals surface area contributed by atoms with Gasteiger partial charge in [-0.05, 0) is 18.4 Å². The van der Waals surface area contributed by atoms with Crippen molar-refractivity contribution in [2.24, 2.45) is 5.73 Å². The van der Waals surface area contributed by atoms with Gasteiger partial charge < -0.3 is 21.1 Å². The molecule has 1 aromatic carbocycles. The molecule has 114 valence electrons. The van der Waals surface area contributed by atoms with E-state index in [9.17, 15) is 9.59 Å². The third-order valence-corrected chi connectivity index (χ3v) is 3.48. The second kappa shape index (κ2) is 7.64. The summed E-state index contributed by atoms with van der Waals surface area (Å²) in [6.07, 6.45) is 1.64. The molecular formula is C15H21N3O3. The second-order valence-electron chi connectivity index (χ2n) is 5.24. The first-order valence-corrected chi connectivity index (χ1v) is 7.12. The summed E-state index contributed by atoms with van der Waals surface area (Å²) in [5.74, 6) is -0.305. The van der Waals surface area contributed by atoms with E-state index < -0.39 is 0 Å². The lowest BCUT2D eigenvalue weighted by atomic mass is 9.87. The van der Waals surface area contributed by atoms with Gasteiger partial charge in [0.1, 0.15) is 6.61 Å². The van der Waals surface area contributed by atoms with E-state index in [4.69, 9.17) is 10.5 Å². The minimum atomic E-state index is -0.389. The highest BCUT2D eigenvalue weighted by molar-refractivity contribution is 5.73. The van der Waals surface area contributed by atoms with Gasteiger partial charge in [-0.2, -0.15) is 0 Å². The molecule has 1 aromatic rings. The van der Waals surface area contributed by atoms with Crippen LogP contribution in [0.1, 0.15) is 24.8 Å². The van der Waals surface area contributed by atoms with Gasteiger partial charge in [0.25, 0.3) is 0 Å². The van der Waals surface area contributed by atoms with Gasteiger partial charge in [-0.1, -0.05) is 30.3 Å². The topological polar surface area (TPSA) is 93.5 Å². The molecule has 0 spiro atoms. The van der Waals surface area contributed by atoms with Crippen molar-refractivity contribution in [3.63, 3.8) is 0 Å². The lowest BCUT2D eigenvalue weighted by Gasteiger charge is -2.36. The van der Waals surface area contributed by atoms with Gasteiger partial charge in [-0.15, -0.1) is 0 Å². The van der Waals surface area contributed by atoms with Crippen LogP contribution in [-0.4, -0.2) is 30.6 Å². The van der Waals surface area contributed by atoms with E-state index >= 15 is 0 Å². The smallest absolute Gasteiger partial charge is 0.407 e. The quantitative estimate of drug-likeness (QED) is 0.696. The Kier molecular flexibility index (Phi) is 5.57. The number of benzene rings is 1. The van der Waals surface area contributed by atoms with E-state index in [1.165, 1.54) is 0 Å². The number of carbonyl (C=O) groups excluding carboxylic acids is 2. The Hall–Kier alpha value is -2.08. The molecule has 2 amide bonds. The summed E-state index contributed by atoms with van der Waals surface area (Å²) in [6.45, 7) is 0.866. The fourth-order valence-electron chi connectivity index (χ4n) is 2.23. The van der Waals surface area contributed by atoms with Gasteiger partial charge in [0.05, 0.1) is 0 Å². The van der Waals surface area contributed by atoms with Crippen LogP contribution in [-0.2, 0) is 16.1 Å². The van der Waals surface area contributed by atoms with E-state index in [1.807, 2.05) is 30.3 Å². The SMILES string of the molecule is NC(=O)CCNC1CC(NC(=O)OCc2ccccc2)C1. The molecule has 0 heterocycles. The minimum Gasteiger partial charge on any atom is -0.445 e. The first-order valence-electron chi connectivity index (χ1n) is 7.12. The van der Waals surface area contributed by atoms with Crippen LogP contribution in [0.25, 0.3) is 0 Å². The van der Waals surface area contributed by atoms with Gasteiger partial charge in [0.15, 0.2) is 0 Å². The monoisotopic (exact) mass is 291 g/mol.